The molecule has 0 radical (unpaired) electrons. The number of nitrogens with zero attached hydrogens (tertiary/aromatic N) is 2. The van der Waals surface area contributed by atoms with E-state index in [0.717, 1.165) is 5.56 Å². The fourth-order valence-electron chi connectivity index (χ4n) is 2.39. The highest BCUT2D eigenvalue weighted by Gasteiger charge is 2.42. The molecule has 0 N–H and O–H groups in total. The summed E-state index contributed by atoms with van der Waals surface area (Å²) < 4.78 is 22.3. The molecule has 0 atom stereocenters. The van der Waals surface area contributed by atoms with Crippen LogP contribution in [0.25, 0.3) is 0 Å². The molecule has 21 heavy (non-hydrogen) atoms. The van der Waals surface area contributed by atoms with E-state index in [0.29, 0.717) is 23.6 Å². The number of ether oxygens (including phenoxy) is 1. The van der Waals surface area contributed by atoms with Crippen LogP contribution in [-0.4, -0.2) is 29.7 Å². The van der Waals surface area contributed by atoms with E-state index in [9.17, 15) is 9.65 Å². The molecule has 0 aromatic heterocycles. The standard InChI is InChI=1S/C17H22FN2O/c1-11-7-12(16(2,3)9-19)8-13(18)14(11)15-20(6)17(4,5)10-21-15/h7-8H,10H2,1-6H3/q+1. The molecular weight excluding hydrogens is 267 g/mol. The molecule has 112 valence electrons. The maximum atomic E-state index is 14.6. The number of halogens is 1. The maximum absolute atomic E-state index is 14.6. The predicted octanol–water partition coefficient (Wildman–Crippen LogP) is 3.13. The zero-order chi connectivity index (χ0) is 16.0. The topological polar surface area (TPSA) is 36.0 Å². The van der Waals surface area contributed by atoms with Gasteiger partial charge in [-0.3, -0.25) is 0 Å². The number of likely N-dealkylation sites (N-methyl/N-ethyl adjacent to an activating group) is 1. The summed E-state index contributed by atoms with van der Waals surface area (Å²) in [6, 6.07) is 5.53. The van der Waals surface area contributed by atoms with E-state index in [1.165, 1.54) is 6.07 Å². The molecule has 3 nitrogen and oxygen atoms in total. The van der Waals surface area contributed by atoms with Crippen LogP contribution in [0, 0.1) is 24.1 Å². The monoisotopic (exact) mass is 289 g/mol. The van der Waals surface area contributed by atoms with Crippen molar-refractivity contribution in [2.75, 3.05) is 13.7 Å². The Labute approximate surface area is 125 Å². The number of hydrogen-bond acceptors (Lipinski definition) is 2. The highest BCUT2D eigenvalue weighted by atomic mass is 19.1. The van der Waals surface area contributed by atoms with Gasteiger partial charge in [0.05, 0.1) is 11.5 Å². The van der Waals surface area contributed by atoms with Crippen molar-refractivity contribution in [2.45, 2.75) is 45.6 Å². The van der Waals surface area contributed by atoms with Gasteiger partial charge >= 0.3 is 5.90 Å². The van der Waals surface area contributed by atoms with Crippen molar-refractivity contribution in [2.24, 2.45) is 0 Å². The lowest BCUT2D eigenvalue weighted by molar-refractivity contribution is -0.562. The van der Waals surface area contributed by atoms with Crippen LogP contribution in [0.2, 0.25) is 0 Å². The number of rotatable bonds is 2. The minimum Gasteiger partial charge on any atom is -0.437 e. The van der Waals surface area contributed by atoms with Crippen LogP contribution in [0.15, 0.2) is 12.1 Å². The first-order valence-corrected chi connectivity index (χ1v) is 7.06. The molecule has 0 unspecified atom stereocenters. The van der Waals surface area contributed by atoms with Gasteiger partial charge < -0.3 is 4.74 Å². The van der Waals surface area contributed by atoms with Crippen LogP contribution >= 0.6 is 0 Å². The third kappa shape index (κ3) is 2.53. The van der Waals surface area contributed by atoms with E-state index in [4.69, 9.17) is 4.74 Å². The summed E-state index contributed by atoms with van der Waals surface area (Å²) >= 11 is 0. The van der Waals surface area contributed by atoms with Gasteiger partial charge in [0, 0.05) is 13.8 Å². The van der Waals surface area contributed by atoms with Crippen molar-refractivity contribution in [1.82, 2.24) is 0 Å². The van der Waals surface area contributed by atoms with E-state index in [1.54, 1.807) is 13.8 Å². The van der Waals surface area contributed by atoms with E-state index in [2.05, 4.69) is 19.9 Å². The molecule has 1 aromatic rings. The second kappa shape index (κ2) is 4.84. The average molecular weight is 289 g/mol. The Morgan fingerprint density at radius 3 is 2.43 bits per heavy atom. The van der Waals surface area contributed by atoms with Gasteiger partial charge in [-0.05, 0) is 38.0 Å². The second-order valence-electron chi connectivity index (χ2n) is 6.85. The molecule has 0 spiro atoms. The SMILES string of the molecule is Cc1cc(C(C)(C)C#N)cc(F)c1C1=[N+](C)C(C)(C)CO1. The molecule has 0 amide bonds. The van der Waals surface area contributed by atoms with Crippen molar-refractivity contribution in [3.05, 3.63) is 34.6 Å². The third-order valence-corrected chi connectivity index (χ3v) is 4.28. The normalized spacial score (nSPS) is 17.6. The van der Waals surface area contributed by atoms with Crippen LogP contribution < -0.4 is 0 Å². The van der Waals surface area contributed by atoms with Crippen LogP contribution in [0.3, 0.4) is 0 Å². The molecule has 0 aliphatic carbocycles. The molecule has 1 aromatic carbocycles. The first-order chi connectivity index (χ1) is 9.60. The lowest BCUT2D eigenvalue weighted by Crippen LogP contribution is -2.33. The summed E-state index contributed by atoms with van der Waals surface area (Å²) in [4.78, 5) is 0. The minimum atomic E-state index is -0.712. The van der Waals surface area contributed by atoms with E-state index >= 15 is 0 Å². The molecular formula is C17H22FN2O+. The predicted molar refractivity (Wildman–Crippen MR) is 80.1 cm³/mol. The van der Waals surface area contributed by atoms with Crippen molar-refractivity contribution in [1.29, 1.82) is 5.26 Å². The van der Waals surface area contributed by atoms with Crippen molar-refractivity contribution < 1.29 is 13.7 Å². The lowest BCUT2D eigenvalue weighted by Gasteiger charge is -2.17. The van der Waals surface area contributed by atoms with Gasteiger partial charge in [-0.15, -0.1) is 0 Å². The average Bonchev–Trinajstić information content (AvgIpc) is 2.65. The fraction of sp³-hybridized carbons (Fsp3) is 0.529. The van der Waals surface area contributed by atoms with Crippen LogP contribution in [0.4, 0.5) is 4.39 Å². The third-order valence-electron chi connectivity index (χ3n) is 4.28. The Kier molecular flexibility index (Phi) is 3.57. The zero-order valence-electron chi connectivity index (χ0n) is 13.5. The Morgan fingerprint density at radius 2 is 2.00 bits per heavy atom. The fourth-order valence-corrected chi connectivity index (χ4v) is 2.39. The number of benzene rings is 1. The van der Waals surface area contributed by atoms with Crippen molar-refractivity contribution in [3.63, 3.8) is 0 Å². The van der Waals surface area contributed by atoms with Gasteiger partial charge in [0.15, 0.2) is 12.1 Å². The van der Waals surface area contributed by atoms with Crippen LogP contribution in [0.1, 0.15) is 44.4 Å². The summed E-state index contributed by atoms with van der Waals surface area (Å²) in [5, 5.41) is 9.21. The van der Waals surface area contributed by atoms with Gasteiger partial charge in [-0.25, -0.2) is 4.39 Å². The summed E-state index contributed by atoms with van der Waals surface area (Å²) in [5.41, 5.74) is 1.09. The molecule has 0 bridgehead atoms. The first-order valence-electron chi connectivity index (χ1n) is 7.06. The molecule has 0 fully saturated rings. The Morgan fingerprint density at radius 1 is 1.38 bits per heavy atom. The summed E-state index contributed by atoms with van der Waals surface area (Å²) in [5.74, 6) is 0.226. The van der Waals surface area contributed by atoms with E-state index in [-0.39, 0.29) is 11.4 Å². The largest absolute Gasteiger partial charge is 0.437 e. The molecule has 0 saturated carbocycles. The van der Waals surface area contributed by atoms with Crippen LogP contribution in [0.5, 0.6) is 0 Å². The highest BCUT2D eigenvalue weighted by Crippen LogP contribution is 2.29. The van der Waals surface area contributed by atoms with Crippen molar-refractivity contribution in [3.8, 4) is 6.07 Å². The molecule has 0 saturated heterocycles. The summed E-state index contributed by atoms with van der Waals surface area (Å²) in [7, 11) is 1.91. The second-order valence-corrected chi connectivity index (χ2v) is 6.85. The summed E-state index contributed by atoms with van der Waals surface area (Å²) in [6.45, 7) is 10.1. The Bertz CT molecular complexity index is 643. The Hall–Kier alpha value is -1.89. The molecule has 2 rings (SSSR count). The molecule has 1 aliphatic rings. The van der Waals surface area contributed by atoms with E-state index in [1.807, 2.05) is 24.6 Å². The molecule has 1 heterocycles. The van der Waals surface area contributed by atoms with Gasteiger partial charge in [0.1, 0.15) is 18.4 Å². The highest BCUT2D eigenvalue weighted by molar-refractivity contribution is 5.93. The van der Waals surface area contributed by atoms with Gasteiger partial charge in [-0.1, -0.05) is 6.07 Å². The quantitative estimate of drug-likeness (QED) is 0.784. The first kappa shape index (κ1) is 15.5. The summed E-state index contributed by atoms with van der Waals surface area (Å²) in [6.07, 6.45) is 0. The molecule has 4 heteroatoms. The smallest absolute Gasteiger partial charge is 0.373 e. The minimum absolute atomic E-state index is 0.154. The Balaban J connectivity index is 2.60. The van der Waals surface area contributed by atoms with Gasteiger partial charge in [-0.2, -0.15) is 9.84 Å². The van der Waals surface area contributed by atoms with Crippen molar-refractivity contribution >= 4 is 5.90 Å². The number of nitriles is 1. The number of aryl methyl sites for hydroxylation is 1. The van der Waals surface area contributed by atoms with Gasteiger partial charge in [0.25, 0.3) is 0 Å². The van der Waals surface area contributed by atoms with E-state index < -0.39 is 5.41 Å². The van der Waals surface area contributed by atoms with Gasteiger partial charge in [0.2, 0.25) is 0 Å². The lowest BCUT2D eigenvalue weighted by atomic mass is 9.84. The number of hydrogen-bond donors (Lipinski definition) is 0. The zero-order valence-corrected chi connectivity index (χ0v) is 13.5. The van der Waals surface area contributed by atoms with Crippen LogP contribution in [-0.2, 0) is 10.2 Å². The molecule has 1 aliphatic heterocycles. The maximum Gasteiger partial charge on any atom is 0.373 e.